The van der Waals surface area contributed by atoms with E-state index in [1.165, 1.54) is 20.1 Å². The molecule has 0 aliphatic rings. The van der Waals surface area contributed by atoms with Crippen molar-refractivity contribution in [2.24, 2.45) is 0 Å². The van der Waals surface area contributed by atoms with E-state index in [9.17, 15) is 14.9 Å². The number of nitrogens with zero attached hydrogens (tertiary/aromatic N) is 1. The number of anilines is 1. The first-order valence-corrected chi connectivity index (χ1v) is 9.12. The number of nitriles is 1. The van der Waals surface area contributed by atoms with Gasteiger partial charge < -0.3 is 24.6 Å². The van der Waals surface area contributed by atoms with E-state index in [4.69, 9.17) is 19.3 Å². The zero-order valence-corrected chi connectivity index (χ0v) is 16.8. The Balaban J connectivity index is 2.35. The van der Waals surface area contributed by atoms with Gasteiger partial charge in [-0.3, -0.25) is 4.79 Å². The van der Waals surface area contributed by atoms with Gasteiger partial charge in [0, 0.05) is 17.3 Å². The van der Waals surface area contributed by atoms with Crippen molar-refractivity contribution in [2.45, 2.75) is 20.0 Å². The number of rotatable bonds is 9. The Morgan fingerprint density at radius 1 is 1.27 bits per heavy atom. The lowest BCUT2D eigenvalue weighted by Crippen LogP contribution is -2.23. The number of para-hydroxylation sites is 1. The maximum atomic E-state index is 12.6. The second-order valence-corrected chi connectivity index (χ2v) is 6.06. The van der Waals surface area contributed by atoms with Crippen molar-refractivity contribution in [3.05, 3.63) is 53.6 Å². The molecule has 2 rings (SSSR count). The van der Waals surface area contributed by atoms with Crippen LogP contribution in [-0.2, 0) is 9.59 Å². The minimum Gasteiger partial charge on any atom is -0.494 e. The van der Waals surface area contributed by atoms with E-state index in [1.807, 2.05) is 13.0 Å². The molecule has 30 heavy (non-hydrogen) atoms. The monoisotopic (exact) mass is 410 g/mol. The molecule has 0 saturated carbocycles. The van der Waals surface area contributed by atoms with Crippen LogP contribution in [-0.4, -0.2) is 36.8 Å². The standard InChI is InChI=1S/C22H22N2O6/c1-4-29-18-9-6-8-17(12-18)24-21(25)16(13-23)11-15-7-5-10-19(28-3)20(15)30-14(2)22(26)27/h5-12,14H,4H2,1-3H3,(H,24,25)(H,26,27)/b16-11-/t14-/m1/s1. The maximum Gasteiger partial charge on any atom is 0.344 e. The maximum absolute atomic E-state index is 12.6. The second-order valence-electron chi connectivity index (χ2n) is 6.06. The zero-order chi connectivity index (χ0) is 22.1. The molecule has 2 N–H and O–H groups in total. The number of carbonyl (C=O) groups is 2. The molecular weight excluding hydrogens is 388 g/mol. The van der Waals surface area contributed by atoms with Gasteiger partial charge in [-0.1, -0.05) is 18.2 Å². The Hall–Kier alpha value is -3.99. The van der Waals surface area contributed by atoms with Gasteiger partial charge in [0.2, 0.25) is 0 Å². The van der Waals surface area contributed by atoms with E-state index in [2.05, 4.69) is 5.32 Å². The van der Waals surface area contributed by atoms with Crippen LogP contribution in [0.4, 0.5) is 5.69 Å². The highest BCUT2D eigenvalue weighted by molar-refractivity contribution is 6.10. The number of methoxy groups -OCH3 is 1. The summed E-state index contributed by atoms with van der Waals surface area (Å²) in [5.41, 5.74) is 0.601. The summed E-state index contributed by atoms with van der Waals surface area (Å²) in [6.45, 7) is 3.69. The van der Waals surface area contributed by atoms with Crippen LogP contribution < -0.4 is 19.5 Å². The van der Waals surface area contributed by atoms with Crippen molar-refractivity contribution in [3.8, 4) is 23.3 Å². The predicted octanol–water partition coefficient (Wildman–Crippen LogP) is 3.49. The lowest BCUT2D eigenvalue weighted by atomic mass is 10.1. The predicted molar refractivity (Wildman–Crippen MR) is 111 cm³/mol. The highest BCUT2D eigenvalue weighted by Crippen LogP contribution is 2.33. The molecule has 0 spiro atoms. The normalized spacial score (nSPS) is 11.7. The van der Waals surface area contributed by atoms with Crippen molar-refractivity contribution in [1.82, 2.24) is 0 Å². The summed E-state index contributed by atoms with van der Waals surface area (Å²) in [5.74, 6) is -0.814. The number of hydrogen-bond acceptors (Lipinski definition) is 6. The number of aliphatic carboxylic acids is 1. The third-order valence-electron chi connectivity index (χ3n) is 3.94. The first-order valence-electron chi connectivity index (χ1n) is 9.12. The van der Waals surface area contributed by atoms with Gasteiger partial charge in [0.15, 0.2) is 17.6 Å². The number of hydrogen-bond donors (Lipinski definition) is 2. The van der Waals surface area contributed by atoms with Crippen LogP contribution in [0.2, 0.25) is 0 Å². The van der Waals surface area contributed by atoms with Crippen LogP contribution >= 0.6 is 0 Å². The molecule has 2 aromatic rings. The molecule has 1 atom stereocenters. The number of ether oxygens (including phenoxy) is 3. The molecule has 156 valence electrons. The summed E-state index contributed by atoms with van der Waals surface area (Å²) in [6, 6.07) is 13.5. The van der Waals surface area contributed by atoms with Gasteiger partial charge in [-0.25, -0.2) is 4.79 Å². The van der Waals surface area contributed by atoms with Crippen molar-refractivity contribution >= 4 is 23.6 Å². The highest BCUT2D eigenvalue weighted by atomic mass is 16.5. The lowest BCUT2D eigenvalue weighted by Gasteiger charge is -2.16. The highest BCUT2D eigenvalue weighted by Gasteiger charge is 2.19. The Morgan fingerprint density at radius 3 is 2.63 bits per heavy atom. The topological polar surface area (TPSA) is 118 Å². The summed E-state index contributed by atoms with van der Waals surface area (Å²) in [4.78, 5) is 23.8. The smallest absolute Gasteiger partial charge is 0.344 e. The molecule has 2 aromatic carbocycles. The minimum absolute atomic E-state index is 0.119. The summed E-state index contributed by atoms with van der Waals surface area (Å²) >= 11 is 0. The van der Waals surface area contributed by atoms with E-state index in [0.717, 1.165) is 0 Å². The molecule has 0 aromatic heterocycles. The molecule has 0 fully saturated rings. The van der Waals surface area contributed by atoms with Crippen LogP contribution in [0.15, 0.2) is 48.0 Å². The molecule has 0 unspecified atom stereocenters. The van der Waals surface area contributed by atoms with Crippen molar-refractivity contribution in [2.75, 3.05) is 19.0 Å². The van der Waals surface area contributed by atoms with E-state index in [0.29, 0.717) is 23.6 Å². The Labute approximate surface area is 174 Å². The number of nitrogens with one attached hydrogen (secondary N) is 1. The van der Waals surface area contributed by atoms with Crippen LogP contribution in [0.3, 0.4) is 0 Å². The first kappa shape index (κ1) is 22.3. The summed E-state index contributed by atoms with van der Waals surface area (Å²) < 4.78 is 16.1. The fourth-order valence-electron chi connectivity index (χ4n) is 2.49. The number of benzene rings is 2. The molecule has 8 heteroatoms. The molecule has 8 nitrogen and oxygen atoms in total. The van der Waals surface area contributed by atoms with Gasteiger partial charge in [0.25, 0.3) is 5.91 Å². The van der Waals surface area contributed by atoms with E-state index >= 15 is 0 Å². The Bertz CT molecular complexity index is 993. The third-order valence-corrected chi connectivity index (χ3v) is 3.94. The molecule has 0 radical (unpaired) electrons. The summed E-state index contributed by atoms with van der Waals surface area (Å²) in [5, 5.41) is 21.3. The molecule has 0 aliphatic heterocycles. The fourth-order valence-corrected chi connectivity index (χ4v) is 2.49. The zero-order valence-electron chi connectivity index (χ0n) is 16.8. The molecule has 0 aliphatic carbocycles. The van der Waals surface area contributed by atoms with Crippen molar-refractivity contribution < 1.29 is 28.9 Å². The Morgan fingerprint density at radius 2 is 2.00 bits per heavy atom. The van der Waals surface area contributed by atoms with Gasteiger partial charge >= 0.3 is 5.97 Å². The summed E-state index contributed by atoms with van der Waals surface area (Å²) in [6.07, 6.45) is 0.155. The summed E-state index contributed by atoms with van der Waals surface area (Å²) in [7, 11) is 1.41. The van der Waals surface area contributed by atoms with Crippen molar-refractivity contribution in [1.29, 1.82) is 5.26 Å². The molecular formula is C22H22N2O6. The van der Waals surface area contributed by atoms with Crippen LogP contribution in [0.25, 0.3) is 6.08 Å². The van der Waals surface area contributed by atoms with Crippen LogP contribution in [0.5, 0.6) is 17.2 Å². The Kier molecular flexibility index (Phi) is 7.82. The average Bonchev–Trinajstić information content (AvgIpc) is 2.73. The fraction of sp³-hybridized carbons (Fsp3) is 0.227. The van der Waals surface area contributed by atoms with Gasteiger partial charge in [-0.2, -0.15) is 5.26 Å². The van der Waals surface area contributed by atoms with Crippen LogP contribution in [0.1, 0.15) is 19.4 Å². The number of carboxylic acids is 1. The average molecular weight is 410 g/mol. The quantitative estimate of drug-likeness (QED) is 0.480. The number of carbonyl (C=O) groups excluding carboxylic acids is 1. The second kappa shape index (κ2) is 10.5. The molecule has 1 amide bonds. The number of amides is 1. The van der Waals surface area contributed by atoms with Crippen molar-refractivity contribution in [3.63, 3.8) is 0 Å². The van der Waals surface area contributed by atoms with E-state index in [-0.39, 0.29) is 17.1 Å². The van der Waals surface area contributed by atoms with E-state index < -0.39 is 18.0 Å². The largest absolute Gasteiger partial charge is 0.494 e. The van der Waals surface area contributed by atoms with Crippen LogP contribution in [0, 0.1) is 11.3 Å². The van der Waals surface area contributed by atoms with Gasteiger partial charge in [-0.15, -0.1) is 0 Å². The molecule has 0 bridgehead atoms. The van der Waals surface area contributed by atoms with Gasteiger partial charge in [-0.05, 0) is 38.1 Å². The minimum atomic E-state index is -1.16. The van der Waals surface area contributed by atoms with Gasteiger partial charge in [0.05, 0.1) is 13.7 Å². The lowest BCUT2D eigenvalue weighted by molar-refractivity contribution is -0.144. The third kappa shape index (κ3) is 5.75. The first-order chi connectivity index (χ1) is 14.4. The SMILES string of the molecule is CCOc1cccc(NC(=O)/C(C#N)=C\c2cccc(OC)c2O[C@H](C)C(=O)O)c1. The number of carboxylic acid groups (broad SMARTS) is 1. The van der Waals surface area contributed by atoms with Gasteiger partial charge in [0.1, 0.15) is 17.4 Å². The molecule has 0 saturated heterocycles. The molecule has 0 heterocycles. The van der Waals surface area contributed by atoms with E-state index in [1.54, 1.807) is 42.5 Å².